The summed E-state index contributed by atoms with van der Waals surface area (Å²) in [5.74, 6) is -0.117. The highest BCUT2D eigenvalue weighted by Crippen LogP contribution is 2.39. The Bertz CT molecular complexity index is 942. The average Bonchev–Trinajstić information content (AvgIpc) is 3.19. The number of pyridine rings is 1. The summed E-state index contributed by atoms with van der Waals surface area (Å²) in [4.78, 5) is 17.1. The second-order valence-electron chi connectivity index (χ2n) is 7.82. The fraction of sp³-hybridized carbons (Fsp3) is 0.409. The van der Waals surface area contributed by atoms with E-state index in [0.29, 0.717) is 12.8 Å². The van der Waals surface area contributed by atoms with Crippen molar-refractivity contribution in [2.75, 3.05) is 18.2 Å². The van der Waals surface area contributed by atoms with Crippen molar-refractivity contribution in [2.24, 2.45) is 0 Å². The van der Waals surface area contributed by atoms with Crippen LogP contribution in [0, 0.1) is 5.41 Å². The average molecular weight is 428 g/mol. The van der Waals surface area contributed by atoms with Crippen molar-refractivity contribution in [2.45, 2.75) is 50.4 Å². The highest BCUT2D eigenvalue weighted by Gasteiger charge is 2.41. The van der Waals surface area contributed by atoms with Gasteiger partial charge in [0.05, 0.1) is 36.1 Å². The van der Waals surface area contributed by atoms with Crippen LogP contribution in [0.4, 0.5) is 16.3 Å². The van der Waals surface area contributed by atoms with Gasteiger partial charge in [0.1, 0.15) is 5.82 Å². The minimum atomic E-state index is -1.03. The zero-order valence-corrected chi connectivity index (χ0v) is 17.7. The number of nitrogen functional groups attached to an aromatic ring is 1. The number of carbonyl (C=O) groups is 1. The molecule has 1 aromatic carbocycles. The van der Waals surface area contributed by atoms with Crippen LogP contribution in [0.25, 0.3) is 0 Å². The topological polar surface area (TPSA) is 154 Å². The van der Waals surface area contributed by atoms with E-state index in [0.717, 1.165) is 18.4 Å². The maximum Gasteiger partial charge on any atom is 0.320 e. The van der Waals surface area contributed by atoms with Crippen LogP contribution in [0.5, 0.6) is 0 Å². The summed E-state index contributed by atoms with van der Waals surface area (Å²) >= 11 is 0. The number of hydrogen-bond acceptors (Lipinski definition) is 7. The molecule has 9 nitrogen and oxygen atoms in total. The minimum Gasteiger partial charge on any atom is -0.481 e. The normalized spacial score (nSPS) is 16.9. The van der Waals surface area contributed by atoms with Crippen LogP contribution in [0.2, 0.25) is 0 Å². The van der Waals surface area contributed by atoms with Crippen molar-refractivity contribution in [3.8, 4) is 0 Å². The molecule has 0 radical (unpaired) electrons. The van der Waals surface area contributed by atoms with Gasteiger partial charge in [-0.15, -0.1) is 0 Å². The van der Waals surface area contributed by atoms with Gasteiger partial charge in [-0.25, -0.2) is 9.78 Å². The maximum absolute atomic E-state index is 12.8. The first-order valence-corrected chi connectivity index (χ1v) is 10.2. The van der Waals surface area contributed by atoms with Crippen molar-refractivity contribution in [1.29, 1.82) is 5.41 Å². The molecule has 1 saturated carbocycles. The largest absolute Gasteiger partial charge is 0.481 e. The second kappa shape index (κ2) is 9.32. The number of carbonyl (C=O) groups excluding carboxylic acids is 1. The molecule has 7 N–H and O–H groups in total. The lowest BCUT2D eigenvalue weighted by Gasteiger charge is -2.33. The number of aliphatic hydroxyl groups excluding tert-OH is 1. The van der Waals surface area contributed by atoms with E-state index >= 15 is 0 Å². The van der Waals surface area contributed by atoms with E-state index in [-0.39, 0.29) is 28.7 Å². The third-order valence-corrected chi connectivity index (χ3v) is 5.56. The zero-order chi connectivity index (χ0) is 22.6. The number of amides is 2. The molecule has 2 aromatic rings. The first-order valence-electron chi connectivity index (χ1n) is 10.2. The number of aliphatic hydroxyl groups is 2. The van der Waals surface area contributed by atoms with Crippen LogP contribution < -0.4 is 16.4 Å². The fourth-order valence-electron chi connectivity index (χ4n) is 4.03. The lowest BCUT2D eigenvalue weighted by atomic mass is 9.87. The van der Waals surface area contributed by atoms with E-state index < -0.39 is 23.8 Å². The third kappa shape index (κ3) is 4.95. The van der Waals surface area contributed by atoms with Crippen molar-refractivity contribution >= 4 is 23.4 Å². The summed E-state index contributed by atoms with van der Waals surface area (Å²) in [7, 11) is 1.32. The van der Waals surface area contributed by atoms with Gasteiger partial charge in [0.25, 0.3) is 0 Å². The monoisotopic (exact) mass is 427 g/mol. The molecule has 0 spiro atoms. The molecule has 0 saturated heterocycles. The molecule has 166 valence electrons. The predicted molar refractivity (Wildman–Crippen MR) is 118 cm³/mol. The molecule has 1 heterocycles. The Morgan fingerprint density at radius 1 is 1.29 bits per heavy atom. The molecule has 31 heavy (non-hydrogen) atoms. The molecule has 2 amide bonds. The number of nitrogens with two attached hydrogens (primary N) is 1. The number of benzene rings is 1. The molecular formula is C22H29N5O4. The number of nitrogens with zero attached hydrogens (tertiary/aromatic N) is 1. The Hall–Kier alpha value is -3.17. The van der Waals surface area contributed by atoms with E-state index in [4.69, 9.17) is 15.9 Å². The number of urea groups is 1. The van der Waals surface area contributed by atoms with Gasteiger partial charge in [0.15, 0.2) is 0 Å². The van der Waals surface area contributed by atoms with Gasteiger partial charge in [0.2, 0.25) is 5.90 Å². The Balaban J connectivity index is 1.85. The summed E-state index contributed by atoms with van der Waals surface area (Å²) in [5, 5.41) is 34.6. The molecule has 0 aliphatic heterocycles. The first-order chi connectivity index (χ1) is 14.7. The van der Waals surface area contributed by atoms with Crippen molar-refractivity contribution in [3.63, 3.8) is 0 Å². The molecule has 1 aliphatic carbocycles. The van der Waals surface area contributed by atoms with Crippen LogP contribution in [0.15, 0.2) is 36.4 Å². The zero-order valence-electron chi connectivity index (χ0n) is 17.7. The van der Waals surface area contributed by atoms with Gasteiger partial charge < -0.3 is 26.0 Å². The minimum absolute atomic E-state index is 0.115. The van der Waals surface area contributed by atoms with Crippen molar-refractivity contribution in [1.82, 2.24) is 10.3 Å². The number of aromatic nitrogens is 1. The Morgan fingerprint density at radius 2 is 1.94 bits per heavy atom. The number of ether oxygens (including phenoxy) is 1. The molecule has 1 fully saturated rings. The first kappa shape index (κ1) is 22.5. The highest BCUT2D eigenvalue weighted by atomic mass is 16.5. The van der Waals surface area contributed by atoms with E-state index in [1.807, 2.05) is 30.3 Å². The van der Waals surface area contributed by atoms with Crippen molar-refractivity contribution < 1.29 is 19.7 Å². The van der Waals surface area contributed by atoms with Gasteiger partial charge in [0, 0.05) is 11.8 Å². The van der Waals surface area contributed by atoms with Gasteiger partial charge in [-0.2, -0.15) is 0 Å². The molecule has 3 rings (SSSR count). The number of hydrogen-bond donors (Lipinski definition) is 6. The van der Waals surface area contributed by atoms with E-state index in [1.54, 1.807) is 0 Å². The molecular weight excluding hydrogens is 398 g/mol. The summed E-state index contributed by atoms with van der Waals surface area (Å²) in [5.41, 5.74) is 6.25. The molecule has 2 atom stereocenters. The molecule has 1 unspecified atom stereocenters. The second-order valence-corrected chi connectivity index (χ2v) is 7.82. The Kier molecular flexibility index (Phi) is 6.77. The summed E-state index contributed by atoms with van der Waals surface area (Å²) in [6.07, 6.45) is 1.95. The van der Waals surface area contributed by atoms with Crippen molar-refractivity contribution in [3.05, 3.63) is 53.2 Å². The van der Waals surface area contributed by atoms with Gasteiger partial charge >= 0.3 is 6.03 Å². The lowest BCUT2D eigenvalue weighted by molar-refractivity contribution is 0.0113. The Labute approximate surface area is 181 Å². The fourth-order valence-corrected chi connectivity index (χ4v) is 4.03. The van der Waals surface area contributed by atoms with Crippen LogP contribution in [-0.4, -0.2) is 39.8 Å². The highest BCUT2D eigenvalue weighted by molar-refractivity contribution is 5.99. The van der Waals surface area contributed by atoms with E-state index in [1.165, 1.54) is 20.1 Å². The van der Waals surface area contributed by atoms with Gasteiger partial charge in [-0.3, -0.25) is 10.7 Å². The van der Waals surface area contributed by atoms with Crippen LogP contribution >= 0.6 is 0 Å². The molecule has 1 aliphatic rings. The Morgan fingerprint density at radius 3 is 2.52 bits per heavy atom. The number of rotatable bonds is 6. The number of anilines is 2. The molecule has 0 bridgehead atoms. The van der Waals surface area contributed by atoms with Crippen LogP contribution in [-0.2, 0) is 4.74 Å². The summed E-state index contributed by atoms with van der Waals surface area (Å²) < 4.78 is 4.92. The van der Waals surface area contributed by atoms with Gasteiger partial charge in [-0.1, -0.05) is 43.2 Å². The predicted octanol–water partition coefficient (Wildman–Crippen LogP) is 2.86. The smallest absolute Gasteiger partial charge is 0.320 e. The van der Waals surface area contributed by atoms with Crippen LogP contribution in [0.3, 0.4) is 0 Å². The third-order valence-electron chi connectivity index (χ3n) is 5.56. The maximum atomic E-state index is 12.8. The quantitative estimate of drug-likeness (QED) is 0.308. The molecule has 9 heteroatoms. The molecule has 1 aromatic heterocycles. The number of methoxy groups -OCH3 is 1. The SMILES string of the molecule is COC(=N)c1c(N)cc(NC(=O)N[C@@H](c2ccccc2)C2(O)CCCC2)nc1C(C)O. The standard InChI is InChI=1S/C22H29N5O4/c1-13(28)18-17(20(24)31-2)15(23)12-16(25-18)26-21(29)27-19(14-8-4-3-5-9-14)22(30)10-6-7-11-22/h3-5,8-9,12-13,19,24,28,30H,6-7,10-11H2,1-2H3,(H4,23,25,26,27,29)/t13?,19-/m0/s1. The van der Waals surface area contributed by atoms with E-state index in [9.17, 15) is 15.0 Å². The summed E-state index contributed by atoms with van der Waals surface area (Å²) in [6.45, 7) is 1.49. The summed E-state index contributed by atoms with van der Waals surface area (Å²) in [6, 6.07) is 9.58. The van der Waals surface area contributed by atoms with Crippen LogP contribution in [0.1, 0.15) is 61.6 Å². The van der Waals surface area contributed by atoms with Gasteiger partial charge in [-0.05, 0) is 25.3 Å². The number of nitrogens with one attached hydrogen (secondary N) is 3. The lowest BCUT2D eigenvalue weighted by Crippen LogP contribution is -2.46. The van der Waals surface area contributed by atoms with E-state index in [2.05, 4.69) is 15.6 Å².